The maximum absolute atomic E-state index is 10.9. The van der Waals surface area contributed by atoms with Gasteiger partial charge in [-0.05, 0) is 0 Å². The number of hydrazone groups is 1. The van der Waals surface area contributed by atoms with E-state index in [9.17, 15) is 4.79 Å². The van der Waals surface area contributed by atoms with Crippen LogP contribution in [-0.2, 0) is 0 Å². The van der Waals surface area contributed by atoms with Gasteiger partial charge >= 0.3 is 0 Å². The highest BCUT2D eigenvalue weighted by Crippen LogP contribution is 2.13. The zero-order valence-electron chi connectivity index (χ0n) is 6.28. The maximum Gasteiger partial charge on any atom is 0.285 e. The van der Waals surface area contributed by atoms with Crippen molar-refractivity contribution < 1.29 is 0 Å². The van der Waals surface area contributed by atoms with Crippen LogP contribution in [0, 0.1) is 11.3 Å². The highest BCUT2D eigenvalue weighted by atomic mass is 35.5. The molecule has 1 aromatic rings. The van der Waals surface area contributed by atoms with Crippen molar-refractivity contribution in [3.05, 3.63) is 21.6 Å². The summed E-state index contributed by atoms with van der Waals surface area (Å²) >= 11 is 5.57. The molecule has 0 amide bonds. The lowest BCUT2D eigenvalue weighted by Crippen LogP contribution is -2.09. The van der Waals surface area contributed by atoms with E-state index in [1.807, 2.05) is 0 Å². The Hall–Kier alpha value is -1.87. The third-order valence-electron chi connectivity index (χ3n) is 1.10. The van der Waals surface area contributed by atoms with Gasteiger partial charge in [-0.15, -0.1) is 0 Å². The van der Waals surface area contributed by atoms with E-state index < -0.39 is 5.56 Å². The molecule has 1 heterocycles. The van der Waals surface area contributed by atoms with Gasteiger partial charge < -0.3 is 0 Å². The summed E-state index contributed by atoms with van der Waals surface area (Å²) in [6.45, 7) is 0. The molecule has 66 valence electrons. The van der Waals surface area contributed by atoms with Gasteiger partial charge in [0.05, 0.1) is 6.20 Å². The largest absolute Gasteiger partial charge is 0.285 e. The van der Waals surface area contributed by atoms with Gasteiger partial charge in [0.25, 0.3) is 5.56 Å². The number of aromatic nitrogens is 2. The van der Waals surface area contributed by atoms with Gasteiger partial charge in [0.2, 0.25) is 0 Å². The molecule has 0 fully saturated rings. The minimum atomic E-state index is -0.515. The van der Waals surface area contributed by atoms with Crippen LogP contribution in [0.3, 0.4) is 0 Å². The molecule has 0 aliphatic heterocycles. The topological polar surface area (TPSA) is 93.9 Å². The molecule has 7 heteroatoms. The summed E-state index contributed by atoms with van der Waals surface area (Å²) in [6, 6.07) is 1.67. The van der Waals surface area contributed by atoms with Crippen molar-refractivity contribution in [2.75, 3.05) is 5.43 Å². The summed E-state index contributed by atoms with van der Waals surface area (Å²) in [4.78, 5) is 10.9. The number of hydrogen-bond donors (Lipinski definition) is 2. The van der Waals surface area contributed by atoms with E-state index in [0.29, 0.717) is 0 Å². The van der Waals surface area contributed by atoms with Gasteiger partial charge in [0.1, 0.15) is 23.0 Å². The van der Waals surface area contributed by atoms with Crippen molar-refractivity contribution in [2.45, 2.75) is 0 Å². The van der Waals surface area contributed by atoms with Crippen molar-refractivity contribution in [3.8, 4) is 6.07 Å². The molecule has 6 nitrogen and oxygen atoms in total. The maximum atomic E-state index is 10.9. The zero-order chi connectivity index (χ0) is 9.68. The van der Waals surface area contributed by atoms with Crippen LogP contribution in [0.25, 0.3) is 0 Å². The molecule has 0 bridgehead atoms. The Morgan fingerprint density at radius 3 is 3.31 bits per heavy atom. The molecule has 0 aromatic carbocycles. The van der Waals surface area contributed by atoms with Gasteiger partial charge in [-0.2, -0.15) is 15.5 Å². The average molecular weight is 198 g/mol. The number of aromatic amines is 1. The molecule has 0 aliphatic carbocycles. The summed E-state index contributed by atoms with van der Waals surface area (Å²) in [5.41, 5.74) is 2.12. The van der Waals surface area contributed by atoms with Crippen LogP contribution >= 0.6 is 11.6 Å². The minimum absolute atomic E-state index is 0.0508. The quantitative estimate of drug-likeness (QED) is 0.528. The van der Waals surface area contributed by atoms with Crippen LogP contribution in [0.15, 0.2) is 16.1 Å². The van der Waals surface area contributed by atoms with E-state index in [0.717, 1.165) is 6.21 Å². The van der Waals surface area contributed by atoms with Crippen molar-refractivity contribution in [3.63, 3.8) is 0 Å². The molecule has 0 unspecified atom stereocenters. The van der Waals surface area contributed by atoms with Crippen molar-refractivity contribution in [2.24, 2.45) is 5.10 Å². The number of nitriles is 1. The van der Waals surface area contributed by atoms with E-state index in [1.165, 1.54) is 6.20 Å². The Balaban J connectivity index is 2.91. The van der Waals surface area contributed by atoms with Crippen LogP contribution in [0.1, 0.15) is 0 Å². The van der Waals surface area contributed by atoms with Crippen LogP contribution in [0.2, 0.25) is 5.02 Å². The van der Waals surface area contributed by atoms with Gasteiger partial charge in [-0.25, -0.2) is 5.10 Å². The molecule has 13 heavy (non-hydrogen) atoms. The van der Waals surface area contributed by atoms with Crippen LogP contribution < -0.4 is 11.0 Å². The highest BCUT2D eigenvalue weighted by Gasteiger charge is 2.02. The fraction of sp³-hybridized carbons (Fsp3) is 0. The first-order valence-corrected chi connectivity index (χ1v) is 3.54. The molecule has 2 N–H and O–H groups in total. The Labute approximate surface area is 77.8 Å². The second kappa shape index (κ2) is 4.23. The van der Waals surface area contributed by atoms with Crippen LogP contribution in [0.4, 0.5) is 5.69 Å². The second-order valence-electron chi connectivity index (χ2n) is 1.93. The fourth-order valence-electron chi connectivity index (χ4n) is 0.592. The summed E-state index contributed by atoms with van der Waals surface area (Å²) in [7, 11) is 0. The van der Waals surface area contributed by atoms with Gasteiger partial charge in [-0.1, -0.05) is 11.6 Å². The number of hydrogen-bond acceptors (Lipinski definition) is 5. The van der Waals surface area contributed by atoms with E-state index in [4.69, 9.17) is 16.9 Å². The third-order valence-corrected chi connectivity index (χ3v) is 1.48. The SMILES string of the molecule is N#C/C=N/Nc1cn[nH]c(=O)c1Cl. The van der Waals surface area contributed by atoms with E-state index in [-0.39, 0.29) is 10.7 Å². The molecule has 0 aliphatic rings. The van der Waals surface area contributed by atoms with E-state index >= 15 is 0 Å². The highest BCUT2D eigenvalue weighted by molar-refractivity contribution is 6.32. The first-order valence-electron chi connectivity index (χ1n) is 3.16. The predicted molar refractivity (Wildman–Crippen MR) is 47.6 cm³/mol. The molecule has 0 saturated carbocycles. The molecular formula is C6H4ClN5O. The molecule has 1 rings (SSSR count). The van der Waals surface area contributed by atoms with Crippen molar-refractivity contribution >= 4 is 23.5 Å². The Morgan fingerprint density at radius 1 is 1.85 bits per heavy atom. The number of nitrogens with one attached hydrogen (secondary N) is 2. The smallest absolute Gasteiger partial charge is 0.274 e. The molecule has 0 spiro atoms. The summed E-state index contributed by atoms with van der Waals surface area (Å²) < 4.78 is 0. The standard InChI is InChI=1S/C6H4ClN5O/c7-5-4(11-9-2-1-8)3-10-12-6(5)13/h2-3H,(H2,11,12,13)/b9-2+. The number of nitrogens with zero attached hydrogens (tertiary/aromatic N) is 3. The van der Waals surface area contributed by atoms with Crippen LogP contribution in [0.5, 0.6) is 0 Å². The lowest BCUT2D eigenvalue weighted by molar-refractivity contribution is 0.987. The fourth-order valence-corrected chi connectivity index (χ4v) is 0.725. The Bertz CT molecular complexity index is 418. The number of H-pyrrole nitrogens is 1. The lowest BCUT2D eigenvalue weighted by Gasteiger charge is -1.98. The average Bonchev–Trinajstić information content (AvgIpc) is 2.13. The minimum Gasteiger partial charge on any atom is -0.274 e. The van der Waals surface area contributed by atoms with Gasteiger partial charge in [0.15, 0.2) is 0 Å². The number of anilines is 1. The predicted octanol–water partition coefficient (Wildman–Crippen LogP) is 0.345. The first-order chi connectivity index (χ1) is 6.25. The molecule has 0 atom stereocenters. The third kappa shape index (κ3) is 2.28. The lowest BCUT2D eigenvalue weighted by atomic mass is 10.5. The molecular weight excluding hydrogens is 194 g/mol. The zero-order valence-corrected chi connectivity index (χ0v) is 7.04. The van der Waals surface area contributed by atoms with Crippen molar-refractivity contribution in [1.29, 1.82) is 5.26 Å². The molecule has 1 aromatic heterocycles. The normalized spacial score (nSPS) is 9.85. The summed E-state index contributed by atoms with van der Waals surface area (Å²) in [6.07, 6.45) is 2.26. The Kier molecular flexibility index (Phi) is 3.00. The monoisotopic (exact) mass is 197 g/mol. The van der Waals surface area contributed by atoms with E-state index in [1.54, 1.807) is 6.07 Å². The first kappa shape index (κ1) is 9.22. The summed E-state index contributed by atoms with van der Waals surface area (Å²) in [5, 5.41) is 17.1. The number of rotatable bonds is 2. The molecule has 0 radical (unpaired) electrons. The van der Waals surface area contributed by atoms with Crippen molar-refractivity contribution in [1.82, 2.24) is 10.2 Å². The Morgan fingerprint density at radius 2 is 2.62 bits per heavy atom. The van der Waals surface area contributed by atoms with E-state index in [2.05, 4.69) is 20.7 Å². The summed E-state index contributed by atoms with van der Waals surface area (Å²) in [5.74, 6) is 0. The number of halogens is 1. The van der Waals surface area contributed by atoms with Gasteiger partial charge in [-0.3, -0.25) is 10.2 Å². The van der Waals surface area contributed by atoms with Crippen LogP contribution in [-0.4, -0.2) is 16.4 Å². The van der Waals surface area contributed by atoms with Gasteiger partial charge in [0, 0.05) is 0 Å². The molecule has 0 saturated heterocycles. The second-order valence-corrected chi connectivity index (χ2v) is 2.30.